The highest BCUT2D eigenvalue weighted by molar-refractivity contribution is 6.30. The number of hydrogen-bond donors (Lipinski definition) is 1. The van der Waals surface area contributed by atoms with Gasteiger partial charge in [-0.05, 0) is 0 Å². The Hall–Kier alpha value is -1.62. The second-order valence-corrected chi connectivity index (χ2v) is 3.54. The van der Waals surface area contributed by atoms with Crippen LogP contribution in [0.4, 0.5) is 0 Å². The summed E-state index contributed by atoms with van der Waals surface area (Å²) in [5.74, 6) is -0.835. The summed E-state index contributed by atoms with van der Waals surface area (Å²) in [6.07, 6.45) is 3.63. The summed E-state index contributed by atoms with van der Waals surface area (Å²) in [7, 11) is 0. The molecule has 0 aliphatic rings. The van der Waals surface area contributed by atoms with Gasteiger partial charge in [-0.15, -0.1) is 0 Å². The highest BCUT2D eigenvalue weighted by Crippen LogP contribution is 2.10. The summed E-state index contributed by atoms with van der Waals surface area (Å²) in [4.78, 5) is 14.4. The van der Waals surface area contributed by atoms with E-state index in [9.17, 15) is 4.79 Å². The lowest BCUT2D eigenvalue weighted by Crippen LogP contribution is -1.98. The Bertz CT molecular complexity index is 509. The van der Waals surface area contributed by atoms with Gasteiger partial charge in [0.05, 0.1) is 23.3 Å². The van der Waals surface area contributed by atoms with Crippen molar-refractivity contribution in [3.05, 3.63) is 29.2 Å². The summed E-state index contributed by atoms with van der Waals surface area (Å²) in [6, 6.07) is 1.75. The van der Waals surface area contributed by atoms with Crippen LogP contribution < -0.4 is 0 Å². The van der Waals surface area contributed by atoms with Crippen LogP contribution in [-0.4, -0.2) is 25.7 Å². The normalized spacial score (nSPS) is 10.7. The van der Waals surface area contributed by atoms with E-state index in [1.807, 2.05) is 0 Å². The Balaban J connectivity index is 2.27. The summed E-state index contributed by atoms with van der Waals surface area (Å²) < 4.78 is 1.54. The van der Waals surface area contributed by atoms with Crippen LogP contribution in [0.25, 0.3) is 5.65 Å². The van der Waals surface area contributed by atoms with Gasteiger partial charge in [-0.1, -0.05) is 11.6 Å². The quantitative estimate of drug-likeness (QED) is 0.858. The molecule has 0 aliphatic carbocycles. The number of halogens is 1. The van der Waals surface area contributed by atoms with Crippen molar-refractivity contribution < 1.29 is 9.90 Å². The first-order chi connectivity index (χ1) is 7.15. The first-order valence-corrected chi connectivity index (χ1v) is 4.74. The van der Waals surface area contributed by atoms with E-state index in [2.05, 4.69) is 10.1 Å². The van der Waals surface area contributed by atoms with Crippen molar-refractivity contribution >= 4 is 23.2 Å². The van der Waals surface area contributed by atoms with Gasteiger partial charge in [0.15, 0.2) is 5.65 Å². The lowest BCUT2D eigenvalue weighted by Gasteiger charge is -1.91. The lowest BCUT2D eigenvalue weighted by molar-refractivity contribution is -0.136. The zero-order chi connectivity index (χ0) is 10.8. The maximum absolute atomic E-state index is 10.4. The molecule has 0 amide bonds. The Morgan fingerprint density at radius 3 is 3.13 bits per heavy atom. The molecule has 0 radical (unpaired) electrons. The van der Waals surface area contributed by atoms with Crippen molar-refractivity contribution in [2.45, 2.75) is 12.8 Å². The van der Waals surface area contributed by atoms with E-state index in [4.69, 9.17) is 16.7 Å². The van der Waals surface area contributed by atoms with Crippen molar-refractivity contribution in [2.75, 3.05) is 0 Å². The molecule has 2 rings (SSSR count). The van der Waals surface area contributed by atoms with Crippen LogP contribution in [0.5, 0.6) is 0 Å². The van der Waals surface area contributed by atoms with E-state index in [1.54, 1.807) is 16.8 Å². The molecule has 0 fully saturated rings. The van der Waals surface area contributed by atoms with Gasteiger partial charge in [-0.25, -0.2) is 9.50 Å². The second kappa shape index (κ2) is 3.86. The van der Waals surface area contributed by atoms with E-state index >= 15 is 0 Å². The van der Waals surface area contributed by atoms with Crippen molar-refractivity contribution in [2.24, 2.45) is 0 Å². The molecule has 0 unspecified atom stereocenters. The van der Waals surface area contributed by atoms with Crippen LogP contribution in [0.3, 0.4) is 0 Å². The number of fused-ring (bicyclic) bond motifs is 1. The lowest BCUT2D eigenvalue weighted by atomic mass is 10.2. The van der Waals surface area contributed by atoms with E-state index in [0.29, 0.717) is 22.8 Å². The Morgan fingerprint density at radius 1 is 1.60 bits per heavy atom. The van der Waals surface area contributed by atoms with Crippen molar-refractivity contribution in [1.82, 2.24) is 14.6 Å². The standard InChI is InChI=1S/C9H8ClN3O2/c10-6-4-11-8-3-7(1-2-9(14)15)12-13(8)5-6/h3-5H,1-2H2,(H,14,15). The Morgan fingerprint density at radius 2 is 2.40 bits per heavy atom. The maximum atomic E-state index is 10.4. The fraction of sp³-hybridized carbons (Fsp3) is 0.222. The molecule has 0 aliphatic heterocycles. The number of carbonyl (C=O) groups is 1. The van der Waals surface area contributed by atoms with E-state index in [1.165, 1.54) is 6.20 Å². The van der Waals surface area contributed by atoms with Crippen LogP contribution in [-0.2, 0) is 11.2 Å². The third-order valence-corrected chi connectivity index (χ3v) is 2.12. The van der Waals surface area contributed by atoms with Crippen LogP contribution in [0, 0.1) is 0 Å². The number of carboxylic acids is 1. The van der Waals surface area contributed by atoms with Gasteiger partial charge in [0, 0.05) is 18.7 Å². The average molecular weight is 226 g/mol. The molecular weight excluding hydrogens is 218 g/mol. The SMILES string of the molecule is O=C(O)CCc1cc2ncc(Cl)cn2n1. The molecule has 0 bridgehead atoms. The summed E-state index contributed by atoms with van der Waals surface area (Å²) in [6.45, 7) is 0. The number of nitrogens with zero attached hydrogens (tertiary/aromatic N) is 3. The number of hydrogen-bond acceptors (Lipinski definition) is 3. The molecule has 2 heterocycles. The zero-order valence-corrected chi connectivity index (χ0v) is 8.48. The fourth-order valence-corrected chi connectivity index (χ4v) is 1.40. The molecule has 78 valence electrons. The van der Waals surface area contributed by atoms with E-state index in [-0.39, 0.29) is 6.42 Å². The zero-order valence-electron chi connectivity index (χ0n) is 7.72. The predicted octanol–water partition coefficient (Wildman–Crippen LogP) is 1.40. The van der Waals surface area contributed by atoms with Gasteiger partial charge in [0.2, 0.25) is 0 Å². The summed E-state index contributed by atoms with van der Waals surface area (Å²) >= 11 is 5.74. The fourth-order valence-electron chi connectivity index (χ4n) is 1.26. The minimum absolute atomic E-state index is 0.0671. The van der Waals surface area contributed by atoms with Gasteiger partial charge >= 0.3 is 5.97 Å². The van der Waals surface area contributed by atoms with E-state index in [0.717, 1.165) is 0 Å². The molecular formula is C9H8ClN3O2. The third kappa shape index (κ3) is 2.24. The smallest absolute Gasteiger partial charge is 0.303 e. The molecule has 0 spiro atoms. The van der Waals surface area contributed by atoms with Gasteiger partial charge in [0.1, 0.15) is 0 Å². The average Bonchev–Trinajstić information content (AvgIpc) is 2.56. The van der Waals surface area contributed by atoms with Gasteiger partial charge in [-0.2, -0.15) is 5.10 Å². The second-order valence-electron chi connectivity index (χ2n) is 3.10. The highest BCUT2D eigenvalue weighted by Gasteiger charge is 2.05. The molecule has 0 saturated heterocycles. The maximum Gasteiger partial charge on any atom is 0.303 e. The molecule has 0 aromatic carbocycles. The molecule has 2 aromatic rings. The minimum Gasteiger partial charge on any atom is -0.481 e. The Kier molecular flexibility index (Phi) is 2.55. The largest absolute Gasteiger partial charge is 0.481 e. The molecule has 1 N–H and O–H groups in total. The molecule has 6 heteroatoms. The van der Waals surface area contributed by atoms with Crippen LogP contribution in [0.1, 0.15) is 12.1 Å². The Labute approximate surface area is 90.3 Å². The van der Waals surface area contributed by atoms with Crippen LogP contribution in [0.2, 0.25) is 5.02 Å². The first-order valence-electron chi connectivity index (χ1n) is 4.37. The van der Waals surface area contributed by atoms with Gasteiger partial charge in [0.25, 0.3) is 0 Å². The first kappa shape index (κ1) is 9.92. The van der Waals surface area contributed by atoms with E-state index < -0.39 is 5.97 Å². The van der Waals surface area contributed by atoms with Crippen molar-refractivity contribution in [3.63, 3.8) is 0 Å². The molecule has 5 nitrogen and oxygen atoms in total. The van der Waals surface area contributed by atoms with Crippen molar-refractivity contribution in [3.8, 4) is 0 Å². The minimum atomic E-state index is -0.835. The molecule has 15 heavy (non-hydrogen) atoms. The molecule has 2 aromatic heterocycles. The van der Waals surface area contributed by atoms with Crippen LogP contribution >= 0.6 is 11.6 Å². The third-order valence-electron chi connectivity index (χ3n) is 1.93. The summed E-state index contributed by atoms with van der Waals surface area (Å²) in [5.41, 5.74) is 1.37. The van der Waals surface area contributed by atoms with Gasteiger partial charge < -0.3 is 5.11 Å². The monoisotopic (exact) mass is 225 g/mol. The van der Waals surface area contributed by atoms with Gasteiger partial charge in [-0.3, -0.25) is 4.79 Å². The number of aromatic nitrogens is 3. The number of rotatable bonds is 3. The number of aliphatic carboxylic acids is 1. The number of aryl methyl sites for hydroxylation is 1. The van der Waals surface area contributed by atoms with Crippen molar-refractivity contribution in [1.29, 1.82) is 0 Å². The molecule has 0 atom stereocenters. The van der Waals surface area contributed by atoms with Crippen LogP contribution in [0.15, 0.2) is 18.5 Å². The number of carboxylic acid groups (broad SMARTS) is 1. The highest BCUT2D eigenvalue weighted by atomic mass is 35.5. The molecule has 0 saturated carbocycles. The topological polar surface area (TPSA) is 67.5 Å². The summed E-state index contributed by atoms with van der Waals surface area (Å²) in [5, 5.41) is 13.2. The predicted molar refractivity (Wildman–Crippen MR) is 54.0 cm³/mol.